The molecule has 0 saturated heterocycles. The Labute approximate surface area is 265 Å². The van der Waals surface area contributed by atoms with Gasteiger partial charge in [0.05, 0.1) is 18.8 Å². The van der Waals surface area contributed by atoms with Crippen LogP contribution in [0.1, 0.15) is 0 Å². The second-order valence-corrected chi connectivity index (χ2v) is 15.3. The van der Waals surface area contributed by atoms with Gasteiger partial charge in [0, 0.05) is 62.2 Å². The van der Waals surface area contributed by atoms with Crippen LogP contribution < -0.4 is 0 Å². The van der Waals surface area contributed by atoms with Crippen molar-refractivity contribution in [2.24, 2.45) is 0 Å². The summed E-state index contributed by atoms with van der Waals surface area (Å²) in [6.45, 7) is 0. The molecule has 0 nitrogen and oxygen atoms in total. The van der Waals surface area contributed by atoms with Crippen LogP contribution in [0.3, 0.4) is 0 Å². The molecule has 0 aliphatic rings. The third-order valence-electron chi connectivity index (χ3n) is 8.67. The Kier molecular flexibility index (Phi) is 5.24. The summed E-state index contributed by atoms with van der Waals surface area (Å²) in [4.78, 5) is 0. The van der Waals surface area contributed by atoms with Crippen LogP contribution in [0.5, 0.6) is 0 Å². The lowest BCUT2D eigenvalue weighted by atomic mass is 9.96. The highest BCUT2D eigenvalue weighted by Crippen LogP contribution is 2.47. The fraction of sp³-hybridized carbons (Fsp3) is 0. The van der Waals surface area contributed by atoms with Gasteiger partial charge in [0.15, 0.2) is 0 Å². The van der Waals surface area contributed by atoms with Crippen molar-refractivity contribution < 1.29 is 8.78 Å². The molecule has 0 saturated carbocycles. The zero-order valence-corrected chi connectivity index (χ0v) is 26.0. The molecule has 0 radical (unpaired) electrons. The number of rotatable bonds is 2. The van der Waals surface area contributed by atoms with Crippen molar-refractivity contribution in [1.29, 1.82) is 0 Å². The van der Waals surface area contributed by atoms with Crippen molar-refractivity contribution in [2.75, 3.05) is 0 Å². The Morgan fingerprint density at radius 2 is 0.705 bits per heavy atom. The maximum Gasteiger partial charge on any atom is 0.138 e. The standard InChI is InChI=1S/C38H18F2S4/c39-33-21(19-9-11-27-31(17-19)43-35-25-5-1-3-7-29(25)41-37(27)35)13-15-24-23(33)16-14-22(34(24)40)20-10-12-28-32(18-20)44-36-26-6-2-4-8-30(26)42-38(28)36/h1-18H. The Hall–Kier alpha value is -4.20. The topological polar surface area (TPSA) is 0 Å². The third kappa shape index (κ3) is 3.45. The molecule has 0 fully saturated rings. The van der Waals surface area contributed by atoms with Gasteiger partial charge in [-0.2, -0.15) is 0 Å². The van der Waals surface area contributed by atoms with Gasteiger partial charge >= 0.3 is 0 Å². The number of hydrogen-bond donors (Lipinski definition) is 0. The molecule has 0 aliphatic carbocycles. The predicted molar refractivity (Wildman–Crippen MR) is 191 cm³/mol. The van der Waals surface area contributed by atoms with Gasteiger partial charge in [-0.25, -0.2) is 8.78 Å². The minimum absolute atomic E-state index is 0.297. The van der Waals surface area contributed by atoms with Crippen LogP contribution in [0.25, 0.3) is 92.2 Å². The van der Waals surface area contributed by atoms with E-state index in [2.05, 4.69) is 72.8 Å². The van der Waals surface area contributed by atoms with Gasteiger partial charge in [-0.1, -0.05) is 84.9 Å². The van der Waals surface area contributed by atoms with E-state index in [-0.39, 0.29) is 0 Å². The number of thiophene rings is 4. The van der Waals surface area contributed by atoms with E-state index in [1.165, 1.54) is 49.7 Å². The highest BCUT2D eigenvalue weighted by Gasteiger charge is 2.19. The van der Waals surface area contributed by atoms with Crippen LogP contribution in [0.4, 0.5) is 8.78 Å². The van der Waals surface area contributed by atoms with Gasteiger partial charge in [-0.15, -0.1) is 45.3 Å². The smallest absolute Gasteiger partial charge is 0.138 e. The van der Waals surface area contributed by atoms with E-state index in [0.29, 0.717) is 21.9 Å². The second-order valence-electron chi connectivity index (χ2n) is 11.1. The molecule has 6 aromatic carbocycles. The largest absolute Gasteiger partial charge is 0.206 e. The summed E-state index contributed by atoms with van der Waals surface area (Å²) in [5.74, 6) is -0.783. The minimum Gasteiger partial charge on any atom is -0.206 e. The van der Waals surface area contributed by atoms with E-state index in [1.807, 2.05) is 12.1 Å². The first kappa shape index (κ1) is 25.2. The number of benzene rings is 6. The molecule has 0 spiro atoms. The molecule has 4 aromatic heterocycles. The summed E-state index contributed by atoms with van der Waals surface area (Å²) in [7, 11) is 0. The van der Waals surface area contributed by atoms with Crippen LogP contribution in [0, 0.1) is 11.6 Å². The lowest BCUT2D eigenvalue weighted by Crippen LogP contribution is -1.92. The molecule has 6 heteroatoms. The summed E-state index contributed by atoms with van der Waals surface area (Å²) in [6, 6.07) is 36.1. The van der Waals surface area contributed by atoms with Crippen molar-refractivity contribution >= 4 is 115 Å². The second kappa shape index (κ2) is 9.16. The first-order valence-electron chi connectivity index (χ1n) is 14.2. The quantitative estimate of drug-likeness (QED) is 0.176. The van der Waals surface area contributed by atoms with Crippen molar-refractivity contribution in [1.82, 2.24) is 0 Å². The first-order valence-corrected chi connectivity index (χ1v) is 17.5. The molecule has 0 amide bonds. The van der Waals surface area contributed by atoms with Crippen LogP contribution in [0.2, 0.25) is 0 Å². The molecule has 0 unspecified atom stereocenters. The average Bonchev–Trinajstić information content (AvgIpc) is 3.79. The summed E-state index contributed by atoms with van der Waals surface area (Å²) < 4.78 is 42.1. The van der Waals surface area contributed by atoms with E-state index in [1.54, 1.807) is 69.6 Å². The van der Waals surface area contributed by atoms with Crippen LogP contribution in [-0.2, 0) is 0 Å². The Morgan fingerprint density at radius 1 is 0.341 bits per heavy atom. The van der Waals surface area contributed by atoms with Crippen LogP contribution in [0.15, 0.2) is 109 Å². The molecule has 0 aliphatic heterocycles. The Balaban J connectivity index is 1.07. The van der Waals surface area contributed by atoms with E-state index in [9.17, 15) is 0 Å². The van der Waals surface area contributed by atoms with Gasteiger partial charge < -0.3 is 0 Å². The van der Waals surface area contributed by atoms with Gasteiger partial charge in [-0.3, -0.25) is 0 Å². The summed E-state index contributed by atoms with van der Waals surface area (Å²) in [6.07, 6.45) is 0. The van der Waals surface area contributed by atoms with Crippen LogP contribution in [-0.4, -0.2) is 0 Å². The van der Waals surface area contributed by atoms with E-state index in [0.717, 1.165) is 20.5 Å². The van der Waals surface area contributed by atoms with E-state index in [4.69, 9.17) is 0 Å². The fourth-order valence-electron chi connectivity index (χ4n) is 6.52. The van der Waals surface area contributed by atoms with E-state index < -0.39 is 11.6 Å². The molecular formula is C38H18F2S4. The fourth-order valence-corrected chi connectivity index (χ4v) is 11.9. The molecule has 10 rings (SSSR count). The molecule has 0 atom stereocenters. The lowest BCUT2D eigenvalue weighted by Gasteiger charge is -2.11. The Bertz CT molecular complexity index is 2620. The van der Waals surface area contributed by atoms with Crippen molar-refractivity contribution in [2.45, 2.75) is 0 Å². The highest BCUT2D eigenvalue weighted by atomic mass is 32.1. The normalized spacial score (nSPS) is 12.3. The summed E-state index contributed by atoms with van der Waals surface area (Å²) in [5.41, 5.74) is 2.58. The van der Waals surface area contributed by atoms with Crippen LogP contribution >= 0.6 is 45.3 Å². The van der Waals surface area contributed by atoms with Gasteiger partial charge in [-0.05, 0) is 35.4 Å². The van der Waals surface area contributed by atoms with Crippen molar-refractivity contribution in [3.05, 3.63) is 121 Å². The van der Waals surface area contributed by atoms with Crippen molar-refractivity contribution in [3.8, 4) is 22.3 Å². The number of halogens is 2. The maximum absolute atomic E-state index is 16.1. The zero-order chi connectivity index (χ0) is 29.1. The molecule has 4 heterocycles. The van der Waals surface area contributed by atoms with Gasteiger partial charge in [0.2, 0.25) is 0 Å². The van der Waals surface area contributed by atoms with Gasteiger partial charge in [0.1, 0.15) is 11.6 Å². The average molecular weight is 641 g/mol. The maximum atomic E-state index is 16.1. The molecule has 0 bridgehead atoms. The molecule has 10 aromatic rings. The zero-order valence-electron chi connectivity index (χ0n) is 22.8. The van der Waals surface area contributed by atoms with Gasteiger partial charge in [0.25, 0.3) is 0 Å². The lowest BCUT2D eigenvalue weighted by molar-refractivity contribution is 0.632. The predicted octanol–water partition coefficient (Wildman–Crippen LogP) is 13.6. The molecule has 208 valence electrons. The molecular weight excluding hydrogens is 623 g/mol. The minimum atomic E-state index is -0.392. The summed E-state index contributed by atoms with van der Waals surface area (Å²) >= 11 is 7.11. The number of hydrogen-bond acceptors (Lipinski definition) is 4. The highest BCUT2D eigenvalue weighted by molar-refractivity contribution is 7.37. The molecule has 44 heavy (non-hydrogen) atoms. The Morgan fingerprint density at radius 3 is 1.16 bits per heavy atom. The van der Waals surface area contributed by atoms with Crippen molar-refractivity contribution in [3.63, 3.8) is 0 Å². The monoisotopic (exact) mass is 640 g/mol. The molecule has 0 N–H and O–H groups in total. The SMILES string of the molecule is Fc1c(-c2ccc3c(c2)sc2c4ccccc4sc32)ccc2c(F)c(-c3ccc4c(c3)sc3c5ccccc5sc43)ccc12. The third-order valence-corrected chi connectivity index (χ3v) is 13.7. The summed E-state index contributed by atoms with van der Waals surface area (Å²) in [5, 5.41) is 5.53. The number of fused-ring (bicyclic) bond motifs is 11. The van der Waals surface area contributed by atoms with E-state index >= 15 is 8.78 Å². The first-order chi connectivity index (χ1) is 21.6.